The molecule has 0 spiro atoms. The summed E-state index contributed by atoms with van der Waals surface area (Å²) in [6.07, 6.45) is 0. The van der Waals surface area contributed by atoms with Crippen molar-refractivity contribution in [3.63, 3.8) is 0 Å². The lowest BCUT2D eigenvalue weighted by atomic mass is 9.94. The number of carbonyl (C=O) groups excluding carboxylic acids is 1. The first-order valence-electron chi connectivity index (χ1n) is 8.66. The highest BCUT2D eigenvalue weighted by Crippen LogP contribution is 2.34. The van der Waals surface area contributed by atoms with Crippen molar-refractivity contribution in [2.75, 3.05) is 26.1 Å². The van der Waals surface area contributed by atoms with Gasteiger partial charge in [-0.15, -0.1) is 0 Å². The summed E-state index contributed by atoms with van der Waals surface area (Å²) in [5, 5.41) is 3.90. The van der Waals surface area contributed by atoms with E-state index in [9.17, 15) is 4.79 Å². The molecule has 3 rings (SSSR count). The highest BCUT2D eigenvalue weighted by Gasteiger charge is 2.35. The summed E-state index contributed by atoms with van der Waals surface area (Å²) in [5.41, 5.74) is 3.37. The lowest BCUT2D eigenvalue weighted by Crippen LogP contribution is -2.49. The molecule has 140 valence electrons. The zero-order valence-corrected chi connectivity index (χ0v) is 16.7. The first kappa shape index (κ1) is 18.9. The van der Waals surface area contributed by atoms with Gasteiger partial charge in [-0.25, -0.2) is 0 Å². The Morgan fingerprint density at radius 3 is 2.30 bits per heavy atom. The van der Waals surface area contributed by atoms with Crippen LogP contribution in [0.1, 0.15) is 18.5 Å². The molecular weight excluding hydrogens is 358 g/mol. The maximum atomic E-state index is 13.0. The summed E-state index contributed by atoms with van der Waals surface area (Å²) >= 11 is 5.65. The molecular formula is C21H23N3O2S. The van der Waals surface area contributed by atoms with Crippen LogP contribution in [0, 0.1) is 0 Å². The summed E-state index contributed by atoms with van der Waals surface area (Å²) in [5.74, 6) is 0.720. The summed E-state index contributed by atoms with van der Waals surface area (Å²) in [6.45, 7) is 1.93. The van der Waals surface area contributed by atoms with Crippen LogP contribution in [0.2, 0.25) is 0 Å². The van der Waals surface area contributed by atoms with E-state index in [-0.39, 0.29) is 11.9 Å². The number of ether oxygens (including phenoxy) is 1. The van der Waals surface area contributed by atoms with E-state index < -0.39 is 0 Å². The van der Waals surface area contributed by atoms with Crippen LogP contribution >= 0.6 is 12.2 Å². The first-order valence-corrected chi connectivity index (χ1v) is 9.07. The molecule has 1 N–H and O–H groups in total. The Morgan fingerprint density at radius 2 is 1.74 bits per heavy atom. The van der Waals surface area contributed by atoms with Crippen molar-refractivity contribution >= 4 is 28.9 Å². The minimum atomic E-state index is -0.289. The molecule has 1 aliphatic rings. The van der Waals surface area contributed by atoms with Gasteiger partial charge in [0.15, 0.2) is 5.11 Å². The Morgan fingerprint density at radius 1 is 1.11 bits per heavy atom. The Kier molecular flexibility index (Phi) is 5.46. The van der Waals surface area contributed by atoms with E-state index in [0.717, 1.165) is 22.7 Å². The van der Waals surface area contributed by atoms with E-state index in [1.807, 2.05) is 66.4 Å². The minimum Gasteiger partial charge on any atom is -0.497 e. The van der Waals surface area contributed by atoms with Gasteiger partial charge in [0.2, 0.25) is 0 Å². The van der Waals surface area contributed by atoms with Crippen LogP contribution in [0.25, 0.3) is 0 Å². The Bertz CT molecular complexity index is 876. The molecule has 0 bridgehead atoms. The number of nitrogens with one attached hydrogen (secondary N) is 1. The van der Waals surface area contributed by atoms with Crippen LogP contribution in [0.15, 0.2) is 65.9 Å². The number of rotatable bonds is 4. The molecule has 0 saturated carbocycles. The van der Waals surface area contributed by atoms with E-state index >= 15 is 0 Å². The van der Waals surface area contributed by atoms with Gasteiger partial charge in [0, 0.05) is 25.5 Å². The third-order valence-corrected chi connectivity index (χ3v) is 4.89. The lowest BCUT2D eigenvalue weighted by molar-refractivity contribution is -0.125. The van der Waals surface area contributed by atoms with Gasteiger partial charge in [0.1, 0.15) is 5.75 Å². The number of hydrogen-bond acceptors (Lipinski definition) is 3. The number of methoxy groups -OCH3 is 1. The van der Waals surface area contributed by atoms with E-state index in [0.29, 0.717) is 10.7 Å². The third kappa shape index (κ3) is 3.66. The second kappa shape index (κ2) is 7.80. The zero-order valence-electron chi connectivity index (χ0n) is 15.9. The summed E-state index contributed by atoms with van der Waals surface area (Å²) in [7, 11) is 5.15. The smallest absolute Gasteiger partial charge is 0.253 e. The van der Waals surface area contributed by atoms with Crippen LogP contribution in [0.3, 0.4) is 0 Å². The van der Waals surface area contributed by atoms with Gasteiger partial charge in [-0.3, -0.25) is 9.69 Å². The molecule has 27 heavy (non-hydrogen) atoms. The average Bonchev–Trinajstić information content (AvgIpc) is 2.68. The largest absolute Gasteiger partial charge is 0.497 e. The Hall–Kier alpha value is -2.86. The molecule has 2 aromatic carbocycles. The van der Waals surface area contributed by atoms with Crippen molar-refractivity contribution < 1.29 is 9.53 Å². The molecule has 5 nitrogen and oxygen atoms in total. The van der Waals surface area contributed by atoms with Crippen molar-refractivity contribution in [2.45, 2.75) is 13.0 Å². The minimum absolute atomic E-state index is 0.0464. The fraction of sp³-hybridized carbons (Fsp3) is 0.238. The molecule has 1 amide bonds. The van der Waals surface area contributed by atoms with E-state index in [1.165, 1.54) is 0 Å². The lowest BCUT2D eigenvalue weighted by Gasteiger charge is -2.38. The maximum Gasteiger partial charge on any atom is 0.253 e. The standard InChI is InChI=1S/C21H23N3O2S/c1-14-18(20(25)23(2)3)19(15-8-6-5-7-9-15)22-21(27)24(14)16-10-12-17(26-4)13-11-16/h5-13,19H,1-4H3,(H,22,27). The normalized spacial score (nSPS) is 16.8. The summed E-state index contributed by atoms with van der Waals surface area (Å²) in [4.78, 5) is 16.5. The van der Waals surface area contributed by atoms with Crippen LogP contribution in [-0.4, -0.2) is 37.1 Å². The number of thiocarbonyl (C=S) groups is 1. The topological polar surface area (TPSA) is 44.8 Å². The molecule has 0 fully saturated rings. The number of carbonyl (C=O) groups is 1. The van der Waals surface area contributed by atoms with Crippen molar-refractivity contribution in [3.05, 3.63) is 71.4 Å². The molecule has 6 heteroatoms. The van der Waals surface area contributed by atoms with E-state index in [1.54, 1.807) is 26.1 Å². The number of allylic oxidation sites excluding steroid dienone is 1. The summed E-state index contributed by atoms with van der Waals surface area (Å²) in [6, 6.07) is 17.2. The number of likely N-dealkylation sites (N-methyl/N-ethyl adjacent to an activating group) is 1. The second-order valence-electron chi connectivity index (χ2n) is 6.53. The second-order valence-corrected chi connectivity index (χ2v) is 6.91. The van der Waals surface area contributed by atoms with Crippen molar-refractivity contribution in [1.82, 2.24) is 10.2 Å². The van der Waals surface area contributed by atoms with Crippen LogP contribution < -0.4 is 15.0 Å². The van der Waals surface area contributed by atoms with Gasteiger partial charge in [0.25, 0.3) is 5.91 Å². The van der Waals surface area contributed by atoms with Crippen LogP contribution in [0.4, 0.5) is 5.69 Å². The number of benzene rings is 2. The molecule has 1 aliphatic heterocycles. The number of nitrogens with zero attached hydrogens (tertiary/aromatic N) is 2. The molecule has 0 radical (unpaired) electrons. The molecule has 0 aliphatic carbocycles. The predicted molar refractivity (Wildman–Crippen MR) is 112 cm³/mol. The quantitative estimate of drug-likeness (QED) is 0.822. The van der Waals surface area contributed by atoms with Crippen LogP contribution in [-0.2, 0) is 4.79 Å². The van der Waals surface area contributed by atoms with Crippen molar-refractivity contribution in [1.29, 1.82) is 0 Å². The van der Waals surface area contributed by atoms with Gasteiger partial charge in [0.05, 0.1) is 18.7 Å². The number of anilines is 1. The fourth-order valence-electron chi connectivity index (χ4n) is 3.20. The highest BCUT2D eigenvalue weighted by atomic mass is 32.1. The third-order valence-electron chi connectivity index (χ3n) is 4.58. The zero-order chi connectivity index (χ0) is 19.6. The monoisotopic (exact) mass is 381 g/mol. The van der Waals surface area contributed by atoms with Gasteiger partial charge in [-0.05, 0) is 49.0 Å². The highest BCUT2D eigenvalue weighted by molar-refractivity contribution is 7.80. The average molecular weight is 382 g/mol. The Labute approximate surface area is 165 Å². The van der Waals surface area contributed by atoms with Gasteiger partial charge in [-0.2, -0.15) is 0 Å². The molecule has 1 atom stereocenters. The molecule has 2 aromatic rings. The predicted octanol–water partition coefficient (Wildman–Crippen LogP) is 3.49. The first-order chi connectivity index (χ1) is 12.9. The van der Waals surface area contributed by atoms with Gasteiger partial charge < -0.3 is 15.0 Å². The maximum absolute atomic E-state index is 13.0. The van der Waals surface area contributed by atoms with Gasteiger partial charge >= 0.3 is 0 Å². The fourth-order valence-corrected chi connectivity index (χ4v) is 3.56. The van der Waals surface area contributed by atoms with E-state index in [2.05, 4.69) is 5.32 Å². The van der Waals surface area contributed by atoms with Crippen molar-refractivity contribution in [2.24, 2.45) is 0 Å². The Balaban J connectivity index is 2.12. The van der Waals surface area contributed by atoms with Crippen molar-refractivity contribution in [3.8, 4) is 5.75 Å². The number of amides is 1. The molecule has 1 heterocycles. The number of hydrogen-bond donors (Lipinski definition) is 1. The van der Waals surface area contributed by atoms with Crippen LogP contribution in [0.5, 0.6) is 5.75 Å². The summed E-state index contributed by atoms with van der Waals surface area (Å²) < 4.78 is 5.24. The van der Waals surface area contributed by atoms with Gasteiger partial charge in [-0.1, -0.05) is 30.3 Å². The van der Waals surface area contributed by atoms with E-state index in [4.69, 9.17) is 17.0 Å². The molecule has 1 unspecified atom stereocenters. The molecule has 0 saturated heterocycles. The molecule has 0 aromatic heterocycles. The SMILES string of the molecule is COc1ccc(N2C(=S)NC(c3ccccc3)C(C(=O)N(C)C)=C2C)cc1.